The fourth-order valence-electron chi connectivity index (χ4n) is 3.84. The summed E-state index contributed by atoms with van der Waals surface area (Å²) < 4.78 is 1.91. The van der Waals surface area contributed by atoms with Crippen LogP contribution in [0.2, 0.25) is 0 Å². The Kier molecular flexibility index (Phi) is 4.10. The Morgan fingerprint density at radius 3 is 2.54 bits per heavy atom. The van der Waals surface area contributed by atoms with Gasteiger partial charge in [-0.3, -0.25) is 4.79 Å². The summed E-state index contributed by atoms with van der Waals surface area (Å²) in [5.74, 6) is 1.60. The molecule has 0 radical (unpaired) electrons. The van der Waals surface area contributed by atoms with E-state index in [2.05, 4.69) is 15.5 Å². The van der Waals surface area contributed by atoms with Crippen molar-refractivity contribution < 1.29 is 9.59 Å². The Morgan fingerprint density at radius 2 is 1.81 bits per heavy atom. The first-order valence-electron chi connectivity index (χ1n) is 8.77. The van der Waals surface area contributed by atoms with Gasteiger partial charge in [-0.25, -0.2) is 4.79 Å². The number of benzene rings is 1. The zero-order valence-corrected chi connectivity index (χ0v) is 14.9. The molecule has 8 heteroatoms. The van der Waals surface area contributed by atoms with Crippen LogP contribution in [0, 0.1) is 11.8 Å². The van der Waals surface area contributed by atoms with Gasteiger partial charge < -0.3 is 19.7 Å². The summed E-state index contributed by atoms with van der Waals surface area (Å²) in [6.07, 6.45) is 0.744. The zero-order chi connectivity index (χ0) is 18.3. The largest absolute Gasteiger partial charge is 0.331 e. The number of nitrogens with zero attached hydrogens (tertiary/aromatic N) is 5. The number of anilines is 1. The van der Waals surface area contributed by atoms with Gasteiger partial charge in [-0.05, 0) is 24.0 Å². The predicted octanol–water partition coefficient (Wildman–Crippen LogP) is 1.32. The van der Waals surface area contributed by atoms with Gasteiger partial charge in [0.05, 0.1) is 0 Å². The summed E-state index contributed by atoms with van der Waals surface area (Å²) in [7, 11) is 3.54. The zero-order valence-electron chi connectivity index (χ0n) is 14.9. The van der Waals surface area contributed by atoms with Gasteiger partial charge in [0.25, 0.3) is 5.91 Å². The van der Waals surface area contributed by atoms with Crippen molar-refractivity contribution in [2.75, 3.05) is 32.5 Å². The van der Waals surface area contributed by atoms with E-state index in [1.165, 1.54) is 0 Å². The number of para-hydroxylation sites is 1. The second-order valence-electron chi connectivity index (χ2n) is 7.18. The van der Waals surface area contributed by atoms with E-state index in [9.17, 15) is 9.59 Å². The van der Waals surface area contributed by atoms with E-state index in [0.29, 0.717) is 30.7 Å². The number of rotatable bonds is 2. The molecule has 1 aromatic heterocycles. The number of amides is 3. The summed E-state index contributed by atoms with van der Waals surface area (Å²) in [6.45, 7) is 2.11. The number of urea groups is 1. The second kappa shape index (κ2) is 6.44. The summed E-state index contributed by atoms with van der Waals surface area (Å²) in [6, 6.07) is 9.35. The van der Waals surface area contributed by atoms with Crippen molar-refractivity contribution in [1.29, 1.82) is 0 Å². The summed E-state index contributed by atoms with van der Waals surface area (Å²) in [5.41, 5.74) is 0.729. The SMILES string of the molecule is CN(C)C(=O)N1C[C@@H]2Cc3nnc(C(=O)Nc4ccccc4)n3C[C@@H]2C1. The molecule has 0 aliphatic carbocycles. The average Bonchev–Trinajstić information content (AvgIpc) is 3.22. The predicted molar refractivity (Wildman–Crippen MR) is 95.8 cm³/mol. The number of carbonyl (C=O) groups excluding carboxylic acids is 2. The highest BCUT2D eigenvalue weighted by Gasteiger charge is 2.41. The summed E-state index contributed by atoms with van der Waals surface area (Å²) >= 11 is 0. The van der Waals surface area contributed by atoms with Gasteiger partial charge in [-0.15, -0.1) is 10.2 Å². The number of carbonyl (C=O) groups is 2. The third-order valence-corrected chi connectivity index (χ3v) is 5.15. The summed E-state index contributed by atoms with van der Waals surface area (Å²) in [5, 5.41) is 11.2. The van der Waals surface area contributed by atoms with Crippen LogP contribution in [-0.4, -0.2) is 63.7 Å². The van der Waals surface area contributed by atoms with Crippen LogP contribution in [0.15, 0.2) is 30.3 Å². The van der Waals surface area contributed by atoms with Crippen molar-refractivity contribution >= 4 is 17.6 Å². The van der Waals surface area contributed by atoms with Crippen molar-refractivity contribution in [2.24, 2.45) is 11.8 Å². The minimum atomic E-state index is -0.257. The first-order valence-corrected chi connectivity index (χ1v) is 8.77. The molecule has 1 aromatic carbocycles. The molecule has 1 saturated heterocycles. The maximum atomic E-state index is 12.6. The lowest BCUT2D eigenvalue weighted by Gasteiger charge is -2.25. The number of nitrogens with one attached hydrogen (secondary N) is 1. The molecule has 0 spiro atoms. The Balaban J connectivity index is 1.50. The lowest BCUT2D eigenvalue weighted by molar-refractivity contribution is 0.100. The van der Waals surface area contributed by atoms with E-state index in [-0.39, 0.29) is 11.9 Å². The Hall–Kier alpha value is -2.90. The van der Waals surface area contributed by atoms with E-state index >= 15 is 0 Å². The third kappa shape index (κ3) is 2.91. The van der Waals surface area contributed by atoms with Crippen molar-refractivity contribution in [1.82, 2.24) is 24.6 Å². The third-order valence-electron chi connectivity index (χ3n) is 5.15. The first-order chi connectivity index (χ1) is 12.5. The maximum Gasteiger partial charge on any atom is 0.319 e. The lowest BCUT2D eigenvalue weighted by atomic mass is 9.89. The van der Waals surface area contributed by atoms with Crippen LogP contribution in [0.4, 0.5) is 10.5 Å². The quantitative estimate of drug-likeness (QED) is 0.882. The minimum absolute atomic E-state index is 0.0391. The van der Waals surface area contributed by atoms with Crippen LogP contribution < -0.4 is 5.32 Å². The lowest BCUT2D eigenvalue weighted by Crippen LogP contribution is -2.37. The van der Waals surface area contributed by atoms with Gasteiger partial charge in [0.1, 0.15) is 5.82 Å². The van der Waals surface area contributed by atoms with Crippen LogP contribution in [-0.2, 0) is 13.0 Å². The number of hydrogen-bond acceptors (Lipinski definition) is 4. The molecule has 26 heavy (non-hydrogen) atoms. The van der Waals surface area contributed by atoms with Gasteiger partial charge in [-0.2, -0.15) is 0 Å². The van der Waals surface area contributed by atoms with Crippen molar-refractivity contribution in [3.63, 3.8) is 0 Å². The van der Waals surface area contributed by atoms with E-state index in [4.69, 9.17) is 0 Å². The van der Waals surface area contributed by atoms with Crippen molar-refractivity contribution in [3.05, 3.63) is 42.0 Å². The second-order valence-corrected chi connectivity index (χ2v) is 7.18. The van der Waals surface area contributed by atoms with Gasteiger partial charge in [-0.1, -0.05) is 18.2 Å². The highest BCUT2D eigenvalue weighted by atomic mass is 16.2. The molecule has 0 bridgehead atoms. The number of fused-ring (bicyclic) bond motifs is 2. The monoisotopic (exact) mass is 354 g/mol. The van der Waals surface area contributed by atoms with Crippen LogP contribution in [0.25, 0.3) is 0 Å². The molecular formula is C18H22N6O2. The highest BCUT2D eigenvalue weighted by molar-refractivity contribution is 6.01. The van der Waals surface area contributed by atoms with Crippen LogP contribution in [0.1, 0.15) is 16.4 Å². The highest BCUT2D eigenvalue weighted by Crippen LogP contribution is 2.33. The first kappa shape index (κ1) is 16.6. The van der Waals surface area contributed by atoms with Crippen LogP contribution >= 0.6 is 0 Å². The molecule has 2 aromatic rings. The normalized spacial score (nSPS) is 21.1. The fraction of sp³-hybridized carbons (Fsp3) is 0.444. The Labute approximate surface area is 151 Å². The standard InChI is InChI=1S/C18H22N6O2/c1-22(2)18(26)23-9-12-8-15-20-21-16(24(15)11-13(12)10-23)17(25)19-14-6-4-3-5-7-14/h3-7,12-13H,8-11H2,1-2H3,(H,19,25)/t12-,13-/m0/s1. The van der Waals surface area contributed by atoms with Gasteiger partial charge >= 0.3 is 6.03 Å². The molecule has 8 nitrogen and oxygen atoms in total. The average molecular weight is 354 g/mol. The Bertz CT molecular complexity index is 831. The van der Waals surface area contributed by atoms with E-state index in [0.717, 1.165) is 24.5 Å². The smallest absolute Gasteiger partial charge is 0.319 e. The van der Waals surface area contributed by atoms with Gasteiger partial charge in [0, 0.05) is 45.8 Å². The molecular weight excluding hydrogens is 332 g/mol. The molecule has 2 aliphatic heterocycles. The van der Waals surface area contributed by atoms with Gasteiger partial charge in [0.2, 0.25) is 5.82 Å². The van der Waals surface area contributed by atoms with Crippen LogP contribution in [0.5, 0.6) is 0 Å². The Morgan fingerprint density at radius 1 is 1.08 bits per heavy atom. The van der Waals surface area contributed by atoms with Crippen molar-refractivity contribution in [2.45, 2.75) is 13.0 Å². The number of hydrogen-bond donors (Lipinski definition) is 1. The molecule has 0 saturated carbocycles. The summed E-state index contributed by atoms with van der Waals surface area (Å²) in [4.78, 5) is 28.3. The number of aromatic nitrogens is 3. The molecule has 3 heterocycles. The van der Waals surface area contributed by atoms with E-state index in [1.807, 2.05) is 39.8 Å². The minimum Gasteiger partial charge on any atom is -0.331 e. The molecule has 136 valence electrons. The molecule has 1 fully saturated rings. The molecule has 2 aliphatic rings. The van der Waals surface area contributed by atoms with Gasteiger partial charge in [0.15, 0.2) is 0 Å². The topological polar surface area (TPSA) is 83.4 Å². The maximum absolute atomic E-state index is 12.6. The molecule has 2 atom stereocenters. The molecule has 4 rings (SSSR count). The molecule has 1 N–H and O–H groups in total. The molecule has 0 unspecified atom stereocenters. The van der Waals surface area contributed by atoms with Crippen LogP contribution in [0.3, 0.4) is 0 Å². The van der Waals surface area contributed by atoms with E-state index < -0.39 is 0 Å². The van der Waals surface area contributed by atoms with E-state index in [1.54, 1.807) is 19.0 Å². The fourth-order valence-corrected chi connectivity index (χ4v) is 3.84. The molecule has 3 amide bonds. The number of likely N-dealkylation sites (tertiary alicyclic amines) is 1. The van der Waals surface area contributed by atoms with Crippen molar-refractivity contribution in [3.8, 4) is 0 Å².